The highest BCUT2D eigenvalue weighted by molar-refractivity contribution is 6.18. The molecule has 3 heteroatoms. The van der Waals surface area contributed by atoms with Gasteiger partial charge in [0.1, 0.15) is 12.0 Å². The van der Waals surface area contributed by atoms with Crippen molar-refractivity contribution in [3.05, 3.63) is 180 Å². The lowest BCUT2D eigenvalue weighted by molar-refractivity contribution is 0.675. The van der Waals surface area contributed by atoms with Crippen LogP contribution in [0.2, 0.25) is 0 Å². The molecule has 1 aliphatic heterocycles. The molecule has 9 rings (SSSR count). The average Bonchev–Trinajstić information content (AvgIpc) is 3.13. The third-order valence-electron chi connectivity index (χ3n) is 9.06. The molecule has 0 radical (unpaired) electrons. The summed E-state index contributed by atoms with van der Waals surface area (Å²) in [6.45, 7) is 0. The van der Waals surface area contributed by atoms with Gasteiger partial charge in [-0.3, -0.25) is 0 Å². The van der Waals surface area contributed by atoms with Gasteiger partial charge >= 0.3 is 0 Å². The third-order valence-corrected chi connectivity index (χ3v) is 9.06. The number of hydrogen-bond acceptors (Lipinski definition) is 3. The van der Waals surface area contributed by atoms with Crippen LogP contribution in [0.5, 0.6) is 0 Å². The highest BCUT2D eigenvalue weighted by Gasteiger charge is 2.22. The largest absolute Gasteiger partial charge is 0.344 e. The van der Waals surface area contributed by atoms with E-state index in [9.17, 15) is 0 Å². The summed E-state index contributed by atoms with van der Waals surface area (Å²) in [6.07, 6.45) is -0.281. The molecule has 0 bridgehead atoms. The minimum Gasteiger partial charge on any atom is -0.344 e. The highest BCUT2D eigenvalue weighted by Crippen LogP contribution is 2.30. The van der Waals surface area contributed by atoms with Gasteiger partial charge in [-0.05, 0) is 84.0 Å². The maximum Gasteiger partial charge on any atom is 0.160 e. The predicted octanol–water partition coefficient (Wildman–Crippen LogP) is 10.5. The minimum absolute atomic E-state index is 0.281. The molecule has 0 amide bonds. The summed E-state index contributed by atoms with van der Waals surface area (Å²) in [5, 5.41) is 13.3. The Morgan fingerprint density at radius 2 is 0.935 bits per heavy atom. The fourth-order valence-corrected chi connectivity index (χ4v) is 6.63. The van der Waals surface area contributed by atoms with Crippen LogP contribution in [0, 0.1) is 0 Å². The topological polar surface area (TPSA) is 36.8 Å². The molecule has 46 heavy (non-hydrogen) atoms. The molecule has 0 aromatic heterocycles. The standard InChI is InChI=1S/C43H29N3/c1-3-11-31-24-33(18-16-28(31)8-1)34-19-20-36-27-38(23-21-35(36)25-34)42-44-41(37-22-17-29-9-2-4-12-32(29)26-37)45-43(46-42)40-15-7-13-30-10-5-6-14-39(30)40/h1-27,41H,(H,44,45,46). The van der Waals surface area contributed by atoms with Crippen LogP contribution in [-0.4, -0.2) is 11.7 Å². The first kappa shape index (κ1) is 26.4. The van der Waals surface area contributed by atoms with Gasteiger partial charge in [-0.15, -0.1) is 0 Å². The van der Waals surface area contributed by atoms with E-state index in [4.69, 9.17) is 9.98 Å². The molecule has 1 aliphatic rings. The van der Waals surface area contributed by atoms with Crippen molar-refractivity contribution in [2.75, 3.05) is 0 Å². The third kappa shape index (κ3) is 4.70. The molecule has 0 saturated heterocycles. The van der Waals surface area contributed by atoms with Gasteiger partial charge in [0, 0.05) is 11.1 Å². The Morgan fingerprint density at radius 3 is 1.67 bits per heavy atom. The van der Waals surface area contributed by atoms with Crippen LogP contribution >= 0.6 is 0 Å². The Morgan fingerprint density at radius 1 is 0.413 bits per heavy atom. The van der Waals surface area contributed by atoms with Crippen LogP contribution in [-0.2, 0) is 0 Å². The second kappa shape index (κ2) is 10.8. The van der Waals surface area contributed by atoms with Crippen LogP contribution in [0.25, 0.3) is 54.2 Å². The quantitative estimate of drug-likeness (QED) is 0.218. The summed E-state index contributed by atoms with van der Waals surface area (Å²) in [4.78, 5) is 10.4. The van der Waals surface area contributed by atoms with Crippen molar-refractivity contribution < 1.29 is 0 Å². The minimum atomic E-state index is -0.281. The Hall–Kier alpha value is -6.06. The van der Waals surface area contributed by atoms with Gasteiger partial charge in [0.25, 0.3) is 0 Å². The zero-order chi connectivity index (χ0) is 30.5. The molecule has 1 atom stereocenters. The van der Waals surface area contributed by atoms with Crippen molar-refractivity contribution in [1.29, 1.82) is 0 Å². The first-order valence-electron chi connectivity index (χ1n) is 15.7. The number of rotatable bonds is 4. The molecular formula is C43H29N3. The zero-order valence-corrected chi connectivity index (χ0v) is 25.1. The van der Waals surface area contributed by atoms with Gasteiger partial charge in [0.05, 0.1) is 0 Å². The lowest BCUT2D eigenvalue weighted by atomic mass is 9.97. The Bertz CT molecular complexity index is 2520. The molecule has 1 N–H and O–H groups in total. The summed E-state index contributed by atoms with van der Waals surface area (Å²) in [5.41, 5.74) is 5.59. The lowest BCUT2D eigenvalue weighted by Gasteiger charge is -2.24. The van der Waals surface area contributed by atoms with Crippen LogP contribution in [0.15, 0.2) is 174 Å². The molecule has 1 heterocycles. The van der Waals surface area contributed by atoms with Gasteiger partial charge in [-0.2, -0.15) is 0 Å². The molecule has 8 aromatic rings. The van der Waals surface area contributed by atoms with E-state index in [0.717, 1.165) is 33.7 Å². The van der Waals surface area contributed by atoms with Crippen molar-refractivity contribution in [2.24, 2.45) is 9.98 Å². The molecule has 0 fully saturated rings. The van der Waals surface area contributed by atoms with E-state index in [0.29, 0.717) is 0 Å². The van der Waals surface area contributed by atoms with E-state index in [1.165, 1.54) is 48.8 Å². The molecule has 0 aliphatic carbocycles. The molecule has 216 valence electrons. The molecular weight excluding hydrogens is 558 g/mol. The van der Waals surface area contributed by atoms with E-state index in [1.54, 1.807) is 0 Å². The normalized spacial score (nSPS) is 14.7. The van der Waals surface area contributed by atoms with Crippen molar-refractivity contribution >= 4 is 54.8 Å². The summed E-state index contributed by atoms with van der Waals surface area (Å²) < 4.78 is 0. The van der Waals surface area contributed by atoms with E-state index in [1.807, 2.05) is 0 Å². The van der Waals surface area contributed by atoms with Gasteiger partial charge in [-0.25, -0.2) is 9.98 Å². The first-order chi connectivity index (χ1) is 22.7. The van der Waals surface area contributed by atoms with E-state index in [2.05, 4.69) is 169 Å². The van der Waals surface area contributed by atoms with Crippen molar-refractivity contribution in [2.45, 2.75) is 6.17 Å². The molecule has 1 unspecified atom stereocenters. The number of aliphatic imine (C=N–C) groups is 2. The van der Waals surface area contributed by atoms with Crippen molar-refractivity contribution in [3.63, 3.8) is 0 Å². The van der Waals surface area contributed by atoms with E-state index in [-0.39, 0.29) is 6.17 Å². The molecule has 3 nitrogen and oxygen atoms in total. The predicted molar refractivity (Wildman–Crippen MR) is 194 cm³/mol. The number of benzene rings is 8. The van der Waals surface area contributed by atoms with Gasteiger partial charge < -0.3 is 5.32 Å². The highest BCUT2D eigenvalue weighted by atomic mass is 15.2. The molecule has 0 spiro atoms. The monoisotopic (exact) mass is 587 g/mol. The Labute approximate surface area is 267 Å². The van der Waals surface area contributed by atoms with Gasteiger partial charge in [0.15, 0.2) is 5.84 Å². The second-order valence-corrected chi connectivity index (χ2v) is 11.9. The zero-order valence-electron chi connectivity index (χ0n) is 25.1. The van der Waals surface area contributed by atoms with E-state index >= 15 is 0 Å². The Balaban J connectivity index is 1.13. The summed E-state index contributed by atoms with van der Waals surface area (Å²) in [7, 11) is 0. The van der Waals surface area contributed by atoms with E-state index < -0.39 is 0 Å². The van der Waals surface area contributed by atoms with Crippen LogP contribution in [0.3, 0.4) is 0 Å². The summed E-state index contributed by atoms with van der Waals surface area (Å²) in [5.74, 6) is 1.55. The number of nitrogens with zero attached hydrogens (tertiary/aromatic N) is 2. The summed E-state index contributed by atoms with van der Waals surface area (Å²) in [6, 6.07) is 58.3. The SMILES string of the molecule is c1ccc2cc(-c3ccc4cc(C5=NC(c6cccc7ccccc67)=NC(c6ccc7ccccc7c6)N5)ccc4c3)ccc2c1. The fraction of sp³-hybridized carbons (Fsp3) is 0.0233. The number of nitrogens with one attached hydrogen (secondary N) is 1. The van der Waals surface area contributed by atoms with Crippen molar-refractivity contribution in [1.82, 2.24) is 5.32 Å². The van der Waals surface area contributed by atoms with Gasteiger partial charge in [0.2, 0.25) is 0 Å². The summed E-state index contributed by atoms with van der Waals surface area (Å²) >= 11 is 0. The number of hydrogen-bond donors (Lipinski definition) is 1. The number of fused-ring (bicyclic) bond motifs is 4. The lowest BCUT2D eigenvalue weighted by Crippen LogP contribution is -2.33. The Kier molecular flexibility index (Phi) is 6.20. The second-order valence-electron chi connectivity index (χ2n) is 11.9. The van der Waals surface area contributed by atoms with Crippen molar-refractivity contribution in [3.8, 4) is 11.1 Å². The fourth-order valence-electron chi connectivity index (χ4n) is 6.63. The van der Waals surface area contributed by atoms with Crippen LogP contribution < -0.4 is 5.32 Å². The average molecular weight is 588 g/mol. The maximum atomic E-state index is 5.20. The van der Waals surface area contributed by atoms with Gasteiger partial charge in [-0.1, -0.05) is 140 Å². The molecule has 8 aromatic carbocycles. The number of amidine groups is 2. The first-order valence-corrected chi connectivity index (χ1v) is 15.7. The van der Waals surface area contributed by atoms with Crippen LogP contribution in [0.1, 0.15) is 22.9 Å². The maximum absolute atomic E-state index is 5.20. The van der Waals surface area contributed by atoms with Crippen LogP contribution in [0.4, 0.5) is 0 Å². The smallest absolute Gasteiger partial charge is 0.160 e. The molecule has 0 saturated carbocycles.